The number of carbonyl (C=O) groups excluding carboxylic acids is 2. The summed E-state index contributed by atoms with van der Waals surface area (Å²) < 4.78 is 19.4. The molecule has 0 bridgehead atoms. The summed E-state index contributed by atoms with van der Waals surface area (Å²) in [6.45, 7) is 5.32. The maximum Gasteiger partial charge on any atom is 0.289 e. The first-order valence-corrected chi connectivity index (χ1v) is 12.1. The normalized spacial score (nSPS) is 17.0. The van der Waals surface area contributed by atoms with Crippen LogP contribution in [0.2, 0.25) is 0 Å². The van der Waals surface area contributed by atoms with Crippen LogP contribution >= 0.6 is 0 Å². The molecule has 8 heteroatoms. The summed E-state index contributed by atoms with van der Waals surface area (Å²) in [4.78, 5) is 36.5. The first-order valence-electron chi connectivity index (χ1n) is 12.1. The fourth-order valence-corrected chi connectivity index (χ4v) is 5.01. The number of aromatic nitrogens is 1. The number of para-hydroxylation sites is 1. The average molecular weight is 477 g/mol. The molecule has 0 radical (unpaired) electrons. The second-order valence-electron chi connectivity index (χ2n) is 9.16. The van der Waals surface area contributed by atoms with E-state index in [4.69, 9.17) is 9.40 Å². The van der Waals surface area contributed by atoms with Crippen LogP contribution in [-0.4, -0.2) is 65.9 Å². The number of nitrogens with zero attached hydrogens (tertiary/aromatic N) is 4. The summed E-state index contributed by atoms with van der Waals surface area (Å²) in [6, 6.07) is 13.9. The fourth-order valence-electron chi connectivity index (χ4n) is 5.01. The summed E-state index contributed by atoms with van der Waals surface area (Å²) in [6.07, 6.45) is 2.99. The number of likely N-dealkylation sites (tertiary alicyclic amines) is 1. The second-order valence-corrected chi connectivity index (χ2v) is 9.16. The number of amides is 2. The minimum atomic E-state index is -0.242. The minimum absolute atomic E-state index is 0.0326. The van der Waals surface area contributed by atoms with Gasteiger partial charge in [0, 0.05) is 50.9 Å². The molecule has 1 aromatic carbocycles. The van der Waals surface area contributed by atoms with Crippen molar-refractivity contribution in [3.63, 3.8) is 0 Å². The van der Waals surface area contributed by atoms with E-state index in [1.54, 1.807) is 29.2 Å². The molecule has 0 unspecified atom stereocenters. The molecule has 0 saturated carbocycles. The molecule has 4 heterocycles. The minimum Gasteiger partial charge on any atom is -0.459 e. The van der Waals surface area contributed by atoms with Crippen LogP contribution in [0, 0.1) is 12.7 Å². The molecular weight excluding hydrogens is 447 g/mol. The Bertz CT molecular complexity index is 1200. The summed E-state index contributed by atoms with van der Waals surface area (Å²) in [5, 5.41) is 0. The van der Waals surface area contributed by atoms with E-state index in [9.17, 15) is 14.0 Å². The highest BCUT2D eigenvalue weighted by atomic mass is 19.1. The average Bonchev–Trinajstić information content (AvgIpc) is 3.44. The molecule has 0 aliphatic carbocycles. The third-order valence-electron chi connectivity index (χ3n) is 6.96. The highest BCUT2D eigenvalue weighted by molar-refractivity contribution is 5.96. The largest absolute Gasteiger partial charge is 0.459 e. The van der Waals surface area contributed by atoms with Gasteiger partial charge in [0.25, 0.3) is 11.8 Å². The van der Waals surface area contributed by atoms with Crippen molar-refractivity contribution in [3.8, 4) is 0 Å². The third kappa shape index (κ3) is 4.78. The fraction of sp³-hybridized carbons (Fsp3) is 0.370. The lowest BCUT2D eigenvalue weighted by Crippen LogP contribution is -2.49. The quantitative estimate of drug-likeness (QED) is 0.567. The SMILES string of the molecule is Cc1ccc(C(=O)N2CCN(c3ccccc3F)CC2)c(C2CCN(C(=O)c3ccco3)CC2)n1. The maximum absolute atomic E-state index is 14.2. The van der Waals surface area contributed by atoms with Crippen molar-refractivity contribution in [1.29, 1.82) is 0 Å². The van der Waals surface area contributed by atoms with E-state index in [1.807, 2.05) is 34.9 Å². The lowest BCUT2D eigenvalue weighted by molar-refractivity contribution is 0.0674. The summed E-state index contributed by atoms with van der Waals surface area (Å²) >= 11 is 0. The molecule has 0 N–H and O–H groups in total. The molecule has 0 spiro atoms. The van der Waals surface area contributed by atoms with Crippen molar-refractivity contribution in [2.45, 2.75) is 25.7 Å². The lowest BCUT2D eigenvalue weighted by atomic mass is 9.89. The Morgan fingerprint density at radius 2 is 1.60 bits per heavy atom. The lowest BCUT2D eigenvalue weighted by Gasteiger charge is -2.37. The van der Waals surface area contributed by atoms with E-state index in [-0.39, 0.29) is 23.5 Å². The number of piperidine rings is 1. The van der Waals surface area contributed by atoms with Gasteiger partial charge in [0.05, 0.1) is 23.2 Å². The number of rotatable bonds is 4. The van der Waals surface area contributed by atoms with E-state index in [2.05, 4.69) is 0 Å². The molecule has 2 aliphatic heterocycles. The second kappa shape index (κ2) is 9.90. The number of hydrogen-bond acceptors (Lipinski definition) is 5. The van der Waals surface area contributed by atoms with Gasteiger partial charge >= 0.3 is 0 Å². The zero-order valence-electron chi connectivity index (χ0n) is 19.8. The van der Waals surface area contributed by atoms with Crippen LogP contribution < -0.4 is 4.90 Å². The van der Waals surface area contributed by atoms with Crippen molar-refractivity contribution in [3.05, 3.63) is 83.3 Å². The number of hydrogen-bond donors (Lipinski definition) is 0. The predicted octanol–water partition coefficient (Wildman–Crippen LogP) is 4.10. The molecule has 2 aliphatic rings. The van der Waals surface area contributed by atoms with Crippen LogP contribution in [0.25, 0.3) is 0 Å². The van der Waals surface area contributed by atoms with Gasteiger partial charge in [0.15, 0.2) is 5.76 Å². The summed E-state index contributed by atoms with van der Waals surface area (Å²) in [5.41, 5.74) is 2.89. The Hall–Kier alpha value is -3.68. The molecule has 3 aromatic rings. The molecule has 2 amide bonds. The Labute approximate surface area is 204 Å². The Kier molecular flexibility index (Phi) is 6.53. The van der Waals surface area contributed by atoms with Gasteiger partial charge in [-0.1, -0.05) is 12.1 Å². The highest BCUT2D eigenvalue weighted by Crippen LogP contribution is 2.31. The van der Waals surface area contributed by atoms with Gasteiger partial charge in [-0.25, -0.2) is 4.39 Å². The first-order chi connectivity index (χ1) is 17.0. The van der Waals surface area contributed by atoms with Gasteiger partial charge in [-0.3, -0.25) is 14.6 Å². The van der Waals surface area contributed by atoms with Gasteiger partial charge in [0.2, 0.25) is 0 Å². The Balaban J connectivity index is 1.26. The van der Waals surface area contributed by atoms with Crippen molar-refractivity contribution < 1.29 is 18.4 Å². The molecule has 35 heavy (non-hydrogen) atoms. The van der Waals surface area contributed by atoms with E-state index >= 15 is 0 Å². The van der Waals surface area contributed by atoms with E-state index in [0.29, 0.717) is 56.3 Å². The van der Waals surface area contributed by atoms with Gasteiger partial charge in [-0.05, 0) is 56.2 Å². The first kappa shape index (κ1) is 23.1. The number of piperazine rings is 1. The Morgan fingerprint density at radius 3 is 2.29 bits per heavy atom. The molecule has 5 rings (SSSR count). The van der Waals surface area contributed by atoms with Gasteiger partial charge in [-0.15, -0.1) is 0 Å². The molecule has 7 nitrogen and oxygen atoms in total. The number of aryl methyl sites for hydroxylation is 1. The monoisotopic (exact) mass is 476 g/mol. The van der Waals surface area contributed by atoms with Crippen molar-refractivity contribution >= 4 is 17.5 Å². The van der Waals surface area contributed by atoms with Crippen molar-refractivity contribution in [2.24, 2.45) is 0 Å². The number of pyridine rings is 1. The topological polar surface area (TPSA) is 69.9 Å². The number of furan rings is 1. The van der Waals surface area contributed by atoms with Crippen LogP contribution in [-0.2, 0) is 0 Å². The van der Waals surface area contributed by atoms with E-state index in [0.717, 1.165) is 24.2 Å². The third-order valence-corrected chi connectivity index (χ3v) is 6.96. The van der Waals surface area contributed by atoms with Gasteiger partial charge in [0.1, 0.15) is 5.82 Å². The number of anilines is 1. The maximum atomic E-state index is 14.2. The van der Waals surface area contributed by atoms with Crippen LogP contribution in [0.5, 0.6) is 0 Å². The molecule has 2 saturated heterocycles. The number of benzene rings is 1. The number of carbonyl (C=O) groups is 2. The zero-order valence-corrected chi connectivity index (χ0v) is 19.8. The number of halogens is 1. The summed E-state index contributed by atoms with van der Waals surface area (Å²) in [7, 11) is 0. The van der Waals surface area contributed by atoms with Crippen LogP contribution in [0.3, 0.4) is 0 Å². The van der Waals surface area contributed by atoms with Crippen molar-refractivity contribution in [2.75, 3.05) is 44.2 Å². The molecule has 0 atom stereocenters. The van der Waals surface area contributed by atoms with Crippen LogP contribution in [0.1, 0.15) is 51.1 Å². The smallest absolute Gasteiger partial charge is 0.289 e. The van der Waals surface area contributed by atoms with Crippen molar-refractivity contribution in [1.82, 2.24) is 14.8 Å². The molecular formula is C27H29FN4O3. The molecule has 2 fully saturated rings. The van der Waals surface area contributed by atoms with E-state index < -0.39 is 0 Å². The van der Waals surface area contributed by atoms with Crippen LogP contribution in [0.15, 0.2) is 59.2 Å². The standard InChI is InChI=1S/C27H29FN4O3/c1-19-8-9-21(26(33)32-16-14-30(15-17-32)23-6-3-2-5-22(23)28)25(29-19)20-10-12-31(13-11-20)27(34)24-7-4-18-35-24/h2-9,18,20H,10-17H2,1H3. The molecule has 2 aromatic heterocycles. The zero-order chi connectivity index (χ0) is 24.4. The van der Waals surface area contributed by atoms with Gasteiger partial charge < -0.3 is 19.1 Å². The predicted molar refractivity (Wildman–Crippen MR) is 130 cm³/mol. The van der Waals surface area contributed by atoms with E-state index in [1.165, 1.54) is 12.3 Å². The Morgan fingerprint density at radius 1 is 0.886 bits per heavy atom. The summed E-state index contributed by atoms with van der Waals surface area (Å²) in [5.74, 6) is 0.0790. The van der Waals surface area contributed by atoms with Gasteiger partial charge in [-0.2, -0.15) is 0 Å². The molecule has 182 valence electrons. The van der Waals surface area contributed by atoms with Crippen LogP contribution in [0.4, 0.5) is 10.1 Å². The highest BCUT2D eigenvalue weighted by Gasteiger charge is 2.31.